The zero-order chi connectivity index (χ0) is 17.4. The summed E-state index contributed by atoms with van der Waals surface area (Å²) in [5, 5.41) is 11.2. The quantitative estimate of drug-likeness (QED) is 0.560. The Kier molecular flexibility index (Phi) is 6.65. The minimum Gasteiger partial charge on any atom is -0.490 e. The lowest BCUT2D eigenvalue weighted by Crippen LogP contribution is -2.25. The molecule has 2 rings (SSSR count). The molecule has 0 bridgehead atoms. The molecule has 0 saturated carbocycles. The largest absolute Gasteiger partial charge is 0.490 e. The third kappa shape index (κ3) is 5.00. The Balaban J connectivity index is 2.16. The van der Waals surface area contributed by atoms with E-state index in [4.69, 9.17) is 10.5 Å². The molecule has 0 unspecified atom stereocenters. The Morgan fingerprint density at radius 3 is 2.54 bits per heavy atom. The summed E-state index contributed by atoms with van der Waals surface area (Å²) in [7, 11) is 1.43. The van der Waals surface area contributed by atoms with Gasteiger partial charge in [-0.15, -0.1) is 0 Å². The topological polar surface area (TPSA) is 94.5 Å². The maximum absolute atomic E-state index is 11.2. The Labute approximate surface area is 141 Å². The van der Waals surface area contributed by atoms with Gasteiger partial charge in [0.1, 0.15) is 0 Å². The second-order valence-corrected chi connectivity index (χ2v) is 5.47. The zero-order valence-corrected chi connectivity index (χ0v) is 13.7. The number of benzene rings is 1. The molecule has 7 heteroatoms. The lowest BCUT2D eigenvalue weighted by atomic mass is 10.1. The fourth-order valence-electron chi connectivity index (χ4n) is 2.51. The first-order chi connectivity index (χ1) is 11.6. The van der Waals surface area contributed by atoms with Crippen LogP contribution in [0.15, 0.2) is 42.7 Å². The lowest BCUT2D eigenvalue weighted by Gasteiger charge is -2.22. The first-order valence-electron chi connectivity index (χ1n) is 7.76. The second-order valence-electron chi connectivity index (χ2n) is 5.47. The Morgan fingerprint density at radius 1 is 1.21 bits per heavy atom. The molecule has 1 heterocycles. The van der Waals surface area contributed by atoms with Gasteiger partial charge in [-0.2, -0.15) is 0 Å². The van der Waals surface area contributed by atoms with Crippen molar-refractivity contribution < 1.29 is 9.66 Å². The molecule has 0 radical (unpaired) electrons. The lowest BCUT2D eigenvalue weighted by molar-refractivity contribution is -0.385. The molecule has 2 aromatic rings. The molecule has 128 valence electrons. The van der Waals surface area contributed by atoms with Crippen LogP contribution in [0, 0.1) is 10.1 Å². The number of methoxy groups -OCH3 is 1. The van der Waals surface area contributed by atoms with E-state index in [1.54, 1.807) is 24.5 Å². The summed E-state index contributed by atoms with van der Waals surface area (Å²) in [6.45, 7) is 2.77. The monoisotopic (exact) mass is 330 g/mol. The number of nitro groups is 1. The van der Waals surface area contributed by atoms with Gasteiger partial charge in [-0.1, -0.05) is 6.07 Å². The molecular weight excluding hydrogens is 308 g/mol. The van der Waals surface area contributed by atoms with Crippen molar-refractivity contribution >= 4 is 5.69 Å². The molecule has 1 aromatic heterocycles. The maximum atomic E-state index is 11.2. The SMILES string of the molecule is COc1ccc(CN(CCCN)Cc2ccncc2)cc1[N+](=O)[O-]. The predicted octanol–water partition coefficient (Wildman–Crippen LogP) is 2.35. The number of nitrogens with zero attached hydrogens (tertiary/aromatic N) is 3. The van der Waals surface area contributed by atoms with E-state index in [1.807, 2.05) is 18.2 Å². The van der Waals surface area contributed by atoms with Gasteiger partial charge in [0.05, 0.1) is 12.0 Å². The van der Waals surface area contributed by atoms with Crippen LogP contribution in [0.2, 0.25) is 0 Å². The number of ether oxygens (including phenoxy) is 1. The van der Waals surface area contributed by atoms with Crippen LogP contribution in [-0.4, -0.2) is 35.0 Å². The van der Waals surface area contributed by atoms with Crippen LogP contribution in [-0.2, 0) is 13.1 Å². The molecule has 1 aromatic carbocycles. The number of aromatic nitrogens is 1. The molecule has 0 aliphatic heterocycles. The van der Waals surface area contributed by atoms with Gasteiger partial charge < -0.3 is 10.5 Å². The molecular formula is C17H22N4O3. The summed E-state index contributed by atoms with van der Waals surface area (Å²) in [5.74, 6) is 0.270. The number of nitrogens with two attached hydrogens (primary N) is 1. The number of hydrogen-bond donors (Lipinski definition) is 1. The second kappa shape index (κ2) is 8.95. The Hall–Kier alpha value is -2.51. The Bertz CT molecular complexity index is 664. The van der Waals surface area contributed by atoms with E-state index < -0.39 is 4.92 Å². The van der Waals surface area contributed by atoms with Gasteiger partial charge in [-0.3, -0.25) is 20.0 Å². The van der Waals surface area contributed by atoms with E-state index in [9.17, 15) is 10.1 Å². The van der Waals surface area contributed by atoms with E-state index in [-0.39, 0.29) is 11.4 Å². The molecule has 0 aliphatic rings. The van der Waals surface area contributed by atoms with Crippen molar-refractivity contribution in [2.45, 2.75) is 19.5 Å². The normalized spacial score (nSPS) is 10.8. The summed E-state index contributed by atoms with van der Waals surface area (Å²) in [4.78, 5) is 17.0. The first kappa shape index (κ1) is 17.8. The molecule has 0 spiro atoms. The van der Waals surface area contributed by atoms with Crippen LogP contribution < -0.4 is 10.5 Å². The van der Waals surface area contributed by atoms with Gasteiger partial charge in [0, 0.05) is 38.1 Å². The van der Waals surface area contributed by atoms with E-state index in [0.29, 0.717) is 13.1 Å². The van der Waals surface area contributed by atoms with Gasteiger partial charge in [-0.05, 0) is 42.3 Å². The fraction of sp³-hybridized carbons (Fsp3) is 0.353. The third-order valence-corrected chi connectivity index (χ3v) is 3.68. The molecule has 0 fully saturated rings. The van der Waals surface area contributed by atoms with Crippen molar-refractivity contribution in [3.63, 3.8) is 0 Å². The summed E-state index contributed by atoms with van der Waals surface area (Å²) < 4.78 is 5.05. The molecule has 7 nitrogen and oxygen atoms in total. The summed E-state index contributed by atoms with van der Waals surface area (Å²) in [5.41, 5.74) is 7.62. The average molecular weight is 330 g/mol. The van der Waals surface area contributed by atoms with Gasteiger partial charge in [0.25, 0.3) is 0 Å². The van der Waals surface area contributed by atoms with Crippen molar-refractivity contribution in [3.8, 4) is 5.75 Å². The average Bonchev–Trinajstić information content (AvgIpc) is 2.60. The van der Waals surface area contributed by atoms with Gasteiger partial charge in [-0.25, -0.2) is 0 Å². The molecule has 2 N–H and O–H groups in total. The van der Waals surface area contributed by atoms with Crippen LogP contribution in [0.3, 0.4) is 0 Å². The first-order valence-corrected chi connectivity index (χ1v) is 7.76. The van der Waals surface area contributed by atoms with Crippen molar-refractivity contribution in [2.75, 3.05) is 20.2 Å². The van der Waals surface area contributed by atoms with Crippen LogP contribution >= 0.6 is 0 Å². The van der Waals surface area contributed by atoms with Crippen LogP contribution in [0.4, 0.5) is 5.69 Å². The number of pyridine rings is 1. The highest BCUT2D eigenvalue weighted by Gasteiger charge is 2.16. The fourth-order valence-corrected chi connectivity index (χ4v) is 2.51. The van der Waals surface area contributed by atoms with Crippen molar-refractivity contribution in [2.24, 2.45) is 5.73 Å². The Morgan fingerprint density at radius 2 is 1.92 bits per heavy atom. The van der Waals surface area contributed by atoms with Crippen LogP contribution in [0.1, 0.15) is 17.5 Å². The summed E-state index contributed by atoms with van der Waals surface area (Å²) in [6.07, 6.45) is 4.38. The summed E-state index contributed by atoms with van der Waals surface area (Å²) >= 11 is 0. The van der Waals surface area contributed by atoms with Crippen molar-refractivity contribution in [1.29, 1.82) is 0 Å². The van der Waals surface area contributed by atoms with Crippen molar-refractivity contribution in [3.05, 3.63) is 64.0 Å². The standard InChI is InChI=1S/C17H22N4O3/c1-24-17-4-3-15(11-16(17)21(22)23)13-20(10-2-7-18)12-14-5-8-19-9-6-14/h3-6,8-9,11H,2,7,10,12-13,18H2,1H3. The highest BCUT2D eigenvalue weighted by molar-refractivity contribution is 5.48. The van der Waals surface area contributed by atoms with Gasteiger partial charge in [0.2, 0.25) is 0 Å². The molecule has 0 aliphatic carbocycles. The van der Waals surface area contributed by atoms with Gasteiger partial charge >= 0.3 is 5.69 Å². The van der Waals surface area contributed by atoms with Crippen LogP contribution in [0.5, 0.6) is 5.75 Å². The smallest absolute Gasteiger partial charge is 0.311 e. The van der Waals surface area contributed by atoms with Crippen LogP contribution in [0.25, 0.3) is 0 Å². The number of nitro benzene ring substituents is 1. The number of hydrogen-bond acceptors (Lipinski definition) is 6. The molecule has 0 saturated heterocycles. The number of rotatable bonds is 9. The maximum Gasteiger partial charge on any atom is 0.311 e. The predicted molar refractivity (Wildman–Crippen MR) is 91.7 cm³/mol. The van der Waals surface area contributed by atoms with Gasteiger partial charge in [0.15, 0.2) is 5.75 Å². The third-order valence-electron chi connectivity index (χ3n) is 3.68. The van der Waals surface area contributed by atoms with E-state index in [1.165, 1.54) is 7.11 Å². The van der Waals surface area contributed by atoms with E-state index in [0.717, 1.165) is 30.6 Å². The zero-order valence-electron chi connectivity index (χ0n) is 13.7. The molecule has 24 heavy (non-hydrogen) atoms. The minimum atomic E-state index is -0.421. The van der Waals surface area contributed by atoms with E-state index in [2.05, 4.69) is 9.88 Å². The highest BCUT2D eigenvalue weighted by Crippen LogP contribution is 2.28. The van der Waals surface area contributed by atoms with Crippen molar-refractivity contribution in [1.82, 2.24) is 9.88 Å². The highest BCUT2D eigenvalue weighted by atomic mass is 16.6. The minimum absolute atomic E-state index is 0.0160. The molecule has 0 amide bonds. The molecule has 0 atom stereocenters. The summed E-state index contributed by atoms with van der Waals surface area (Å²) in [6, 6.07) is 8.99. The van der Waals surface area contributed by atoms with E-state index >= 15 is 0 Å².